The summed E-state index contributed by atoms with van der Waals surface area (Å²) in [6, 6.07) is 71.9. The van der Waals surface area contributed by atoms with E-state index in [-0.39, 0.29) is 0 Å². The van der Waals surface area contributed by atoms with Crippen LogP contribution in [0.4, 0.5) is 0 Å². The average Bonchev–Trinajstić information content (AvgIpc) is 3.90. The Kier molecular flexibility index (Phi) is 5.92. The summed E-state index contributed by atoms with van der Waals surface area (Å²) in [5, 5.41) is 12.8. The molecule has 0 atom stereocenters. The van der Waals surface area contributed by atoms with Crippen LogP contribution in [-0.4, -0.2) is 9.13 Å². The zero-order valence-corrected chi connectivity index (χ0v) is 30.4. The van der Waals surface area contributed by atoms with Crippen molar-refractivity contribution in [2.24, 2.45) is 0 Å². The molecule has 10 aromatic carbocycles. The fraction of sp³-hybridized carbons (Fsp3) is 0. The first-order valence-corrected chi connectivity index (χ1v) is 19.4. The maximum Gasteiger partial charge on any atom is 0.0641 e. The van der Waals surface area contributed by atoms with E-state index in [9.17, 15) is 0 Å². The normalized spacial score (nSPS) is 12.3. The number of nitrogens with zero attached hydrogens (tertiary/aromatic N) is 2. The second-order valence-corrected chi connectivity index (χ2v) is 15.2. The van der Waals surface area contributed by atoms with Gasteiger partial charge in [-0.1, -0.05) is 146 Å². The summed E-state index contributed by atoms with van der Waals surface area (Å²) in [6.07, 6.45) is 0. The summed E-state index contributed by atoms with van der Waals surface area (Å²) in [6.45, 7) is 0. The highest BCUT2D eigenvalue weighted by Gasteiger charge is 2.24. The van der Waals surface area contributed by atoms with Crippen molar-refractivity contribution < 1.29 is 0 Å². The Bertz CT molecular complexity index is 3610. The zero-order valence-electron chi connectivity index (χ0n) is 30.4. The Balaban J connectivity index is 1.03. The van der Waals surface area contributed by atoms with Gasteiger partial charge < -0.3 is 9.13 Å². The third kappa shape index (κ3) is 3.95. The SMILES string of the molecule is c1ccc(-n2c3ccc4ccccc4c3c3ccc4c(c5ccccc5n4-c4ccc5cc(-c6ccc7c8c(cccc68)-c6ccccc6-7)ccc5c4)c32)cc1. The maximum absolute atomic E-state index is 2.48. The van der Waals surface area contributed by atoms with Gasteiger partial charge >= 0.3 is 0 Å². The van der Waals surface area contributed by atoms with Gasteiger partial charge in [-0.2, -0.15) is 0 Å². The fourth-order valence-electron chi connectivity index (χ4n) is 10.0. The largest absolute Gasteiger partial charge is 0.309 e. The van der Waals surface area contributed by atoms with Crippen molar-refractivity contribution in [1.82, 2.24) is 9.13 Å². The van der Waals surface area contributed by atoms with Crippen molar-refractivity contribution in [3.8, 4) is 44.8 Å². The minimum Gasteiger partial charge on any atom is -0.309 e. The molecule has 2 aromatic heterocycles. The van der Waals surface area contributed by atoms with Crippen LogP contribution in [0.15, 0.2) is 194 Å². The number of fused-ring (bicyclic) bond motifs is 13. The number of hydrogen-bond donors (Lipinski definition) is 0. The lowest BCUT2D eigenvalue weighted by molar-refractivity contribution is 1.18. The van der Waals surface area contributed by atoms with Gasteiger partial charge in [0.2, 0.25) is 0 Å². The van der Waals surface area contributed by atoms with E-state index in [0.717, 1.165) is 5.69 Å². The van der Waals surface area contributed by atoms with Gasteiger partial charge in [-0.3, -0.25) is 0 Å². The van der Waals surface area contributed by atoms with Crippen molar-refractivity contribution in [2.75, 3.05) is 0 Å². The number of benzene rings is 10. The molecule has 13 rings (SSSR count). The van der Waals surface area contributed by atoms with Crippen molar-refractivity contribution in [1.29, 1.82) is 0 Å². The van der Waals surface area contributed by atoms with Crippen LogP contribution in [0.5, 0.6) is 0 Å². The van der Waals surface area contributed by atoms with Gasteiger partial charge in [0, 0.05) is 32.9 Å². The van der Waals surface area contributed by atoms with E-state index in [1.807, 2.05) is 0 Å². The minimum absolute atomic E-state index is 1.16. The van der Waals surface area contributed by atoms with E-state index in [1.54, 1.807) is 0 Å². The summed E-state index contributed by atoms with van der Waals surface area (Å²) in [7, 11) is 0. The Morgan fingerprint density at radius 3 is 1.80 bits per heavy atom. The van der Waals surface area contributed by atoms with Crippen LogP contribution in [0.3, 0.4) is 0 Å². The van der Waals surface area contributed by atoms with Gasteiger partial charge in [-0.05, 0) is 114 Å². The van der Waals surface area contributed by atoms with Gasteiger partial charge in [-0.25, -0.2) is 0 Å². The molecule has 2 nitrogen and oxygen atoms in total. The Hall–Kier alpha value is -7.42. The summed E-state index contributed by atoms with van der Waals surface area (Å²) >= 11 is 0. The van der Waals surface area contributed by atoms with E-state index in [0.29, 0.717) is 0 Å². The Labute approximate surface area is 322 Å². The van der Waals surface area contributed by atoms with Crippen LogP contribution >= 0.6 is 0 Å². The Morgan fingerprint density at radius 2 is 0.911 bits per heavy atom. The first-order valence-electron chi connectivity index (χ1n) is 19.4. The van der Waals surface area contributed by atoms with Gasteiger partial charge in [-0.15, -0.1) is 0 Å². The molecule has 0 N–H and O–H groups in total. The van der Waals surface area contributed by atoms with E-state index < -0.39 is 0 Å². The predicted octanol–water partition coefficient (Wildman–Crippen LogP) is 14.7. The van der Waals surface area contributed by atoms with Crippen LogP contribution in [0.25, 0.3) is 121 Å². The third-order valence-electron chi connectivity index (χ3n) is 12.4. The molecule has 56 heavy (non-hydrogen) atoms. The molecule has 2 heteroatoms. The molecule has 1 aliphatic carbocycles. The summed E-state index contributed by atoms with van der Waals surface area (Å²) in [5.74, 6) is 0. The maximum atomic E-state index is 2.48. The molecule has 0 amide bonds. The van der Waals surface area contributed by atoms with Gasteiger partial charge in [0.15, 0.2) is 0 Å². The molecule has 12 aromatic rings. The summed E-state index contributed by atoms with van der Waals surface area (Å²) < 4.78 is 4.94. The standard InChI is InChI=1S/C54H32N2/c1-2-12-37(13-3-1)56-49-29-24-33-11-4-5-14-40(33)52(49)47-28-30-50-53(54(47)56)46-17-8-9-20-48(46)55(50)38-25-23-34-31-36(22-21-35(34)32-38)39-26-27-45-42-16-7-6-15-41(42)44-19-10-18-43(39)51(44)45/h1-32H. The van der Waals surface area contributed by atoms with Crippen molar-refractivity contribution in [2.45, 2.75) is 0 Å². The summed E-state index contributed by atoms with van der Waals surface area (Å²) in [4.78, 5) is 0. The van der Waals surface area contributed by atoms with Crippen molar-refractivity contribution in [3.05, 3.63) is 194 Å². The molecule has 258 valence electrons. The average molecular weight is 709 g/mol. The van der Waals surface area contributed by atoms with Crippen LogP contribution < -0.4 is 0 Å². The van der Waals surface area contributed by atoms with Gasteiger partial charge in [0.25, 0.3) is 0 Å². The van der Waals surface area contributed by atoms with E-state index in [2.05, 4.69) is 203 Å². The number of hydrogen-bond acceptors (Lipinski definition) is 0. The molecule has 0 bridgehead atoms. The quantitative estimate of drug-likeness (QED) is 0.173. The molecule has 0 fully saturated rings. The molecule has 0 aliphatic heterocycles. The highest BCUT2D eigenvalue weighted by atomic mass is 15.0. The lowest BCUT2D eigenvalue weighted by atomic mass is 9.93. The zero-order chi connectivity index (χ0) is 36.5. The first-order chi connectivity index (χ1) is 27.8. The predicted molar refractivity (Wildman–Crippen MR) is 238 cm³/mol. The lowest BCUT2D eigenvalue weighted by Gasteiger charge is -2.12. The highest BCUT2D eigenvalue weighted by molar-refractivity contribution is 6.30. The molecule has 0 saturated carbocycles. The first kappa shape index (κ1) is 30.0. The fourth-order valence-corrected chi connectivity index (χ4v) is 10.0. The molecular formula is C54H32N2. The van der Waals surface area contributed by atoms with Gasteiger partial charge in [0.1, 0.15) is 0 Å². The molecule has 0 saturated heterocycles. The molecule has 0 spiro atoms. The van der Waals surface area contributed by atoms with Crippen molar-refractivity contribution in [3.63, 3.8) is 0 Å². The van der Waals surface area contributed by atoms with Crippen LogP contribution in [-0.2, 0) is 0 Å². The lowest BCUT2D eigenvalue weighted by Crippen LogP contribution is -1.95. The highest BCUT2D eigenvalue weighted by Crippen LogP contribution is 2.49. The Morgan fingerprint density at radius 1 is 0.268 bits per heavy atom. The number of rotatable bonds is 3. The number of para-hydroxylation sites is 2. The molecule has 0 unspecified atom stereocenters. The van der Waals surface area contributed by atoms with E-state index in [1.165, 1.54) is 115 Å². The molecule has 1 aliphatic rings. The van der Waals surface area contributed by atoms with Gasteiger partial charge in [0.05, 0.1) is 22.1 Å². The monoisotopic (exact) mass is 708 g/mol. The van der Waals surface area contributed by atoms with Crippen LogP contribution in [0, 0.1) is 0 Å². The second-order valence-electron chi connectivity index (χ2n) is 15.2. The smallest absolute Gasteiger partial charge is 0.0641 e. The minimum atomic E-state index is 1.16. The molecule has 2 heterocycles. The molecular weight excluding hydrogens is 677 g/mol. The topological polar surface area (TPSA) is 9.86 Å². The van der Waals surface area contributed by atoms with Crippen LogP contribution in [0.2, 0.25) is 0 Å². The van der Waals surface area contributed by atoms with E-state index in [4.69, 9.17) is 0 Å². The third-order valence-corrected chi connectivity index (χ3v) is 12.4. The summed E-state index contributed by atoms with van der Waals surface area (Å²) in [5.41, 5.74) is 15.0. The second kappa shape index (κ2) is 11.1. The van der Waals surface area contributed by atoms with Crippen LogP contribution in [0.1, 0.15) is 0 Å². The number of aromatic nitrogens is 2. The van der Waals surface area contributed by atoms with E-state index >= 15 is 0 Å². The van der Waals surface area contributed by atoms with Crippen molar-refractivity contribution >= 4 is 75.9 Å². The molecule has 0 radical (unpaired) electrons.